The van der Waals surface area contributed by atoms with E-state index in [-0.39, 0.29) is 5.91 Å². The number of methoxy groups -OCH3 is 1. The maximum Gasteiger partial charge on any atom is 0.260 e. The Bertz CT molecular complexity index is 1240. The second kappa shape index (κ2) is 7.62. The minimum atomic E-state index is -0.0943. The lowest BCUT2D eigenvalue weighted by Crippen LogP contribution is -2.34. The van der Waals surface area contributed by atoms with Gasteiger partial charge in [-0.3, -0.25) is 19.4 Å². The normalized spacial score (nSPS) is 12.6. The predicted octanol–water partition coefficient (Wildman–Crippen LogP) is 3.48. The Morgan fingerprint density at radius 3 is 3.03 bits per heavy atom. The van der Waals surface area contributed by atoms with Gasteiger partial charge in [-0.05, 0) is 31.0 Å². The minimum Gasteiger partial charge on any atom is -0.383 e. The van der Waals surface area contributed by atoms with Crippen LogP contribution in [-0.4, -0.2) is 45.9 Å². The van der Waals surface area contributed by atoms with Crippen LogP contribution >= 0.6 is 11.3 Å². The van der Waals surface area contributed by atoms with Crippen LogP contribution < -0.4 is 4.90 Å². The topological polar surface area (TPSA) is 73.1 Å². The highest BCUT2D eigenvalue weighted by atomic mass is 32.1. The van der Waals surface area contributed by atoms with Crippen LogP contribution in [0.15, 0.2) is 42.7 Å². The number of pyridine rings is 1. The van der Waals surface area contributed by atoms with Crippen molar-refractivity contribution >= 4 is 33.3 Å². The van der Waals surface area contributed by atoms with Gasteiger partial charge < -0.3 is 4.74 Å². The number of aryl methyl sites for hydroxylation is 2. The molecule has 4 aromatic rings. The van der Waals surface area contributed by atoms with E-state index in [2.05, 4.69) is 10.1 Å². The third-order valence-corrected chi connectivity index (χ3v) is 6.60. The van der Waals surface area contributed by atoms with Gasteiger partial charge in [0.2, 0.25) is 0 Å². The van der Waals surface area contributed by atoms with Gasteiger partial charge in [-0.2, -0.15) is 5.10 Å². The molecule has 0 atom stereocenters. The van der Waals surface area contributed by atoms with Gasteiger partial charge in [-0.1, -0.05) is 12.1 Å². The van der Waals surface area contributed by atoms with Crippen molar-refractivity contribution in [2.75, 3.05) is 25.2 Å². The van der Waals surface area contributed by atoms with E-state index in [0.29, 0.717) is 23.8 Å². The Labute approximate surface area is 177 Å². The van der Waals surface area contributed by atoms with E-state index in [0.717, 1.165) is 35.0 Å². The van der Waals surface area contributed by atoms with E-state index in [1.165, 1.54) is 10.6 Å². The number of benzene rings is 1. The van der Waals surface area contributed by atoms with Gasteiger partial charge >= 0.3 is 0 Å². The fourth-order valence-electron chi connectivity index (χ4n) is 3.93. The number of aromatic nitrogens is 4. The van der Waals surface area contributed by atoms with Crippen molar-refractivity contribution in [3.63, 3.8) is 0 Å². The largest absolute Gasteiger partial charge is 0.383 e. The molecule has 152 valence electrons. The maximum atomic E-state index is 13.6. The zero-order valence-corrected chi connectivity index (χ0v) is 17.6. The summed E-state index contributed by atoms with van der Waals surface area (Å²) in [6, 6.07) is 9.41. The molecule has 1 amide bonds. The van der Waals surface area contributed by atoms with Crippen molar-refractivity contribution in [3.05, 3.63) is 58.9 Å². The maximum absolute atomic E-state index is 13.6. The zero-order chi connectivity index (χ0) is 20.7. The van der Waals surface area contributed by atoms with Crippen LogP contribution in [0.2, 0.25) is 0 Å². The summed E-state index contributed by atoms with van der Waals surface area (Å²) in [6.45, 7) is 0.857. The summed E-state index contributed by atoms with van der Waals surface area (Å²) in [4.78, 5) is 25.8. The number of hydrogen-bond donors (Lipinski definition) is 0. The number of anilines is 1. The summed E-state index contributed by atoms with van der Waals surface area (Å²) < 4.78 is 7.20. The summed E-state index contributed by atoms with van der Waals surface area (Å²) >= 11 is 1.58. The third-order valence-electron chi connectivity index (χ3n) is 5.46. The van der Waals surface area contributed by atoms with E-state index in [4.69, 9.17) is 9.72 Å². The van der Waals surface area contributed by atoms with Crippen LogP contribution in [-0.2, 0) is 24.6 Å². The first-order valence-corrected chi connectivity index (χ1v) is 10.6. The smallest absolute Gasteiger partial charge is 0.260 e. The number of nitrogens with zero attached hydrogens (tertiary/aromatic N) is 5. The molecule has 30 heavy (non-hydrogen) atoms. The average Bonchev–Trinajstić information content (AvgIpc) is 3.37. The van der Waals surface area contributed by atoms with Crippen molar-refractivity contribution in [2.24, 2.45) is 7.05 Å². The molecule has 0 bridgehead atoms. The SMILES string of the molecule is COCCN(C(=O)c1cccc2ncccc12)c1nc2c(s1)CCc1c-2cnn1C. The molecule has 0 fully saturated rings. The molecule has 0 saturated carbocycles. The van der Waals surface area contributed by atoms with Crippen LogP contribution in [0.25, 0.3) is 22.2 Å². The van der Waals surface area contributed by atoms with Gasteiger partial charge in [0, 0.05) is 47.4 Å². The molecule has 0 spiro atoms. The lowest BCUT2D eigenvalue weighted by molar-refractivity contribution is 0.0977. The summed E-state index contributed by atoms with van der Waals surface area (Å²) in [5, 5.41) is 5.92. The minimum absolute atomic E-state index is 0.0943. The zero-order valence-electron chi connectivity index (χ0n) is 16.8. The van der Waals surface area contributed by atoms with E-state index in [1.54, 1.807) is 29.5 Å². The molecule has 1 aliphatic carbocycles. The van der Waals surface area contributed by atoms with Gasteiger partial charge in [0.05, 0.1) is 30.6 Å². The molecule has 3 heterocycles. The van der Waals surface area contributed by atoms with Crippen molar-refractivity contribution in [2.45, 2.75) is 12.8 Å². The summed E-state index contributed by atoms with van der Waals surface area (Å²) in [7, 11) is 3.60. The lowest BCUT2D eigenvalue weighted by Gasteiger charge is -2.20. The molecule has 0 N–H and O–H groups in total. The molecule has 0 saturated heterocycles. The molecular weight excluding hydrogens is 398 g/mol. The Balaban J connectivity index is 1.57. The van der Waals surface area contributed by atoms with Crippen LogP contribution in [0.3, 0.4) is 0 Å². The van der Waals surface area contributed by atoms with E-state index in [1.807, 2.05) is 48.3 Å². The van der Waals surface area contributed by atoms with E-state index < -0.39 is 0 Å². The molecule has 0 radical (unpaired) electrons. The molecule has 0 aliphatic heterocycles. The molecule has 8 heteroatoms. The number of hydrogen-bond acceptors (Lipinski definition) is 6. The molecule has 7 nitrogen and oxygen atoms in total. The van der Waals surface area contributed by atoms with Crippen molar-refractivity contribution in [3.8, 4) is 11.3 Å². The standard InChI is InChI=1S/C22H21N5O2S/c1-26-18-8-9-19-20(16(18)13-24-26)25-22(30-19)27(11-12-29-2)21(28)15-5-3-7-17-14(15)6-4-10-23-17/h3-7,10,13H,8-9,11-12H2,1-2H3. The first-order valence-electron chi connectivity index (χ1n) is 9.83. The number of rotatable bonds is 5. The number of thiazole rings is 1. The monoisotopic (exact) mass is 419 g/mol. The summed E-state index contributed by atoms with van der Waals surface area (Å²) in [5.41, 5.74) is 4.61. The number of amides is 1. The Kier molecular flexibility index (Phi) is 4.80. The highest BCUT2D eigenvalue weighted by molar-refractivity contribution is 7.16. The van der Waals surface area contributed by atoms with Crippen LogP contribution in [0, 0.1) is 0 Å². The molecule has 5 rings (SSSR count). The predicted molar refractivity (Wildman–Crippen MR) is 117 cm³/mol. The summed E-state index contributed by atoms with van der Waals surface area (Å²) in [6.07, 6.45) is 5.44. The first kappa shape index (κ1) is 18.9. The quantitative estimate of drug-likeness (QED) is 0.495. The number of carbonyl (C=O) groups is 1. The number of fused-ring (bicyclic) bond motifs is 4. The van der Waals surface area contributed by atoms with Gasteiger partial charge in [0.15, 0.2) is 5.13 Å². The third kappa shape index (κ3) is 3.09. The van der Waals surface area contributed by atoms with E-state index in [9.17, 15) is 4.79 Å². The van der Waals surface area contributed by atoms with Gasteiger partial charge in [-0.15, -0.1) is 11.3 Å². The number of ether oxygens (including phenoxy) is 1. The lowest BCUT2D eigenvalue weighted by atomic mass is 10.0. The van der Waals surface area contributed by atoms with Crippen LogP contribution in [0.5, 0.6) is 0 Å². The van der Waals surface area contributed by atoms with Crippen molar-refractivity contribution in [1.29, 1.82) is 0 Å². The molecule has 1 aromatic carbocycles. The van der Waals surface area contributed by atoms with E-state index >= 15 is 0 Å². The van der Waals surface area contributed by atoms with Gasteiger partial charge in [0.25, 0.3) is 5.91 Å². The average molecular weight is 420 g/mol. The van der Waals surface area contributed by atoms with Crippen molar-refractivity contribution < 1.29 is 9.53 Å². The highest BCUT2D eigenvalue weighted by Gasteiger charge is 2.28. The fraction of sp³-hybridized carbons (Fsp3) is 0.273. The van der Waals surface area contributed by atoms with Gasteiger partial charge in [0.1, 0.15) is 0 Å². The van der Waals surface area contributed by atoms with Crippen LogP contribution in [0.4, 0.5) is 5.13 Å². The Morgan fingerprint density at radius 1 is 1.27 bits per heavy atom. The summed E-state index contributed by atoms with van der Waals surface area (Å²) in [5.74, 6) is -0.0943. The fourth-order valence-corrected chi connectivity index (χ4v) is 5.02. The second-order valence-corrected chi connectivity index (χ2v) is 8.28. The molecule has 1 aliphatic rings. The van der Waals surface area contributed by atoms with Crippen LogP contribution in [0.1, 0.15) is 20.9 Å². The number of carbonyl (C=O) groups excluding carboxylic acids is 1. The molecule has 3 aromatic heterocycles. The van der Waals surface area contributed by atoms with Gasteiger partial charge in [-0.25, -0.2) is 4.98 Å². The molecular formula is C22H21N5O2S. The first-order chi connectivity index (χ1) is 14.7. The Morgan fingerprint density at radius 2 is 2.17 bits per heavy atom. The molecule has 0 unspecified atom stereocenters. The van der Waals surface area contributed by atoms with Crippen molar-refractivity contribution in [1.82, 2.24) is 19.7 Å². The highest BCUT2D eigenvalue weighted by Crippen LogP contribution is 2.39. The second-order valence-electron chi connectivity index (χ2n) is 7.22. The Hall–Kier alpha value is -3.10.